The van der Waals surface area contributed by atoms with Crippen LogP contribution in [-0.4, -0.2) is 31.7 Å². The zero-order chi connectivity index (χ0) is 13.5. The second-order valence-electron chi connectivity index (χ2n) is 4.46. The van der Waals surface area contributed by atoms with Gasteiger partial charge < -0.3 is 10.4 Å². The van der Waals surface area contributed by atoms with E-state index in [1.807, 2.05) is 18.5 Å². The van der Waals surface area contributed by atoms with Gasteiger partial charge in [-0.1, -0.05) is 5.21 Å². The van der Waals surface area contributed by atoms with Crippen molar-refractivity contribution in [3.63, 3.8) is 0 Å². The summed E-state index contributed by atoms with van der Waals surface area (Å²) < 4.78 is 1.75. The van der Waals surface area contributed by atoms with Crippen LogP contribution in [-0.2, 0) is 19.6 Å². The van der Waals surface area contributed by atoms with Gasteiger partial charge in [0, 0.05) is 44.8 Å². The van der Waals surface area contributed by atoms with Crippen LogP contribution in [0.4, 0.5) is 0 Å². The summed E-state index contributed by atoms with van der Waals surface area (Å²) in [5, 5.41) is 20.1. The molecule has 0 aromatic carbocycles. The van der Waals surface area contributed by atoms with Gasteiger partial charge in [0.15, 0.2) is 0 Å². The number of aliphatic hydroxyl groups excluding tert-OH is 1. The van der Waals surface area contributed by atoms with E-state index in [1.54, 1.807) is 10.9 Å². The maximum absolute atomic E-state index is 8.75. The number of pyridine rings is 1. The van der Waals surface area contributed by atoms with Gasteiger partial charge in [0.05, 0.1) is 5.69 Å². The average Bonchev–Trinajstić information content (AvgIpc) is 2.86. The highest BCUT2D eigenvalue weighted by molar-refractivity contribution is 5.21. The van der Waals surface area contributed by atoms with Crippen LogP contribution in [0.2, 0.25) is 0 Å². The summed E-state index contributed by atoms with van der Waals surface area (Å²) in [5.41, 5.74) is 3.32. The Labute approximate surface area is 112 Å². The quantitative estimate of drug-likeness (QED) is 0.765. The minimum Gasteiger partial charge on any atom is -0.396 e. The third kappa shape index (κ3) is 4.11. The van der Waals surface area contributed by atoms with Crippen molar-refractivity contribution in [1.29, 1.82) is 0 Å². The summed E-state index contributed by atoms with van der Waals surface area (Å²) in [5.74, 6) is 0. The van der Waals surface area contributed by atoms with Gasteiger partial charge in [0.2, 0.25) is 0 Å². The monoisotopic (exact) mass is 261 g/mol. The maximum Gasteiger partial charge on any atom is 0.0964 e. The number of hydrogen-bond donors (Lipinski definition) is 2. The average molecular weight is 261 g/mol. The fourth-order valence-electron chi connectivity index (χ4n) is 1.77. The predicted octanol–water partition coefficient (Wildman–Crippen LogP) is 0.654. The van der Waals surface area contributed by atoms with Crippen molar-refractivity contribution < 1.29 is 5.11 Å². The molecule has 2 heterocycles. The first-order valence-corrected chi connectivity index (χ1v) is 6.39. The van der Waals surface area contributed by atoms with Crippen molar-refractivity contribution in [3.05, 3.63) is 41.5 Å². The van der Waals surface area contributed by atoms with Gasteiger partial charge in [-0.05, 0) is 30.5 Å². The van der Waals surface area contributed by atoms with Gasteiger partial charge in [0.25, 0.3) is 0 Å². The summed E-state index contributed by atoms with van der Waals surface area (Å²) in [7, 11) is 0. The first-order valence-electron chi connectivity index (χ1n) is 6.39. The third-order valence-corrected chi connectivity index (χ3v) is 2.90. The molecule has 0 saturated heterocycles. The minimum absolute atomic E-state index is 0.174. The smallest absolute Gasteiger partial charge is 0.0964 e. The molecule has 0 aliphatic rings. The van der Waals surface area contributed by atoms with Crippen molar-refractivity contribution >= 4 is 0 Å². The van der Waals surface area contributed by atoms with Gasteiger partial charge in [-0.25, -0.2) is 0 Å². The molecule has 2 N–H and O–H groups in total. The molecule has 0 saturated carbocycles. The van der Waals surface area contributed by atoms with Crippen LogP contribution in [0.3, 0.4) is 0 Å². The molecule has 0 fully saturated rings. The van der Waals surface area contributed by atoms with E-state index < -0.39 is 0 Å². The lowest BCUT2D eigenvalue weighted by Gasteiger charge is -2.05. The fourth-order valence-corrected chi connectivity index (χ4v) is 1.77. The molecule has 19 heavy (non-hydrogen) atoms. The van der Waals surface area contributed by atoms with E-state index >= 15 is 0 Å². The highest BCUT2D eigenvalue weighted by Crippen LogP contribution is 2.04. The first kappa shape index (κ1) is 13.6. The van der Waals surface area contributed by atoms with E-state index in [4.69, 9.17) is 5.11 Å². The van der Waals surface area contributed by atoms with E-state index in [9.17, 15) is 0 Å². The van der Waals surface area contributed by atoms with Gasteiger partial charge in [-0.2, -0.15) is 0 Å². The summed E-state index contributed by atoms with van der Waals surface area (Å²) in [4.78, 5) is 4.11. The van der Waals surface area contributed by atoms with Crippen molar-refractivity contribution in [3.8, 4) is 0 Å². The topological polar surface area (TPSA) is 75.9 Å². The van der Waals surface area contributed by atoms with Crippen LogP contribution in [0.5, 0.6) is 0 Å². The molecule has 0 aliphatic carbocycles. The molecule has 0 atom stereocenters. The van der Waals surface area contributed by atoms with E-state index in [2.05, 4.69) is 27.5 Å². The van der Waals surface area contributed by atoms with E-state index in [0.717, 1.165) is 12.2 Å². The standard InChI is InChI=1S/C13H19N5O/c1-11-3-4-14-7-12(11)8-15-9-13-10-18(17-16-13)5-2-6-19/h3-4,7,10,15,19H,2,5-6,8-9H2,1H3. The van der Waals surface area contributed by atoms with E-state index in [0.29, 0.717) is 19.5 Å². The molecular formula is C13H19N5O. The molecule has 2 aromatic rings. The molecule has 0 radical (unpaired) electrons. The maximum atomic E-state index is 8.75. The lowest BCUT2D eigenvalue weighted by atomic mass is 10.1. The molecule has 0 amide bonds. The fraction of sp³-hybridized carbons (Fsp3) is 0.462. The Morgan fingerprint density at radius 2 is 2.26 bits per heavy atom. The zero-order valence-electron chi connectivity index (χ0n) is 11.1. The van der Waals surface area contributed by atoms with Crippen molar-refractivity contribution in [1.82, 2.24) is 25.3 Å². The van der Waals surface area contributed by atoms with Crippen LogP contribution < -0.4 is 5.32 Å². The summed E-state index contributed by atoms with van der Waals surface area (Å²) in [6.45, 7) is 4.39. The van der Waals surface area contributed by atoms with Crippen molar-refractivity contribution in [2.45, 2.75) is 33.0 Å². The first-order chi connectivity index (χ1) is 9.29. The van der Waals surface area contributed by atoms with Gasteiger partial charge >= 0.3 is 0 Å². The Kier molecular flexibility index (Phi) is 5.00. The molecule has 0 unspecified atom stereocenters. The Morgan fingerprint density at radius 3 is 3.05 bits per heavy atom. The molecule has 0 bridgehead atoms. The highest BCUT2D eigenvalue weighted by atomic mass is 16.3. The number of rotatable bonds is 7. The second-order valence-corrected chi connectivity index (χ2v) is 4.46. The van der Waals surface area contributed by atoms with Crippen LogP contribution in [0.1, 0.15) is 23.2 Å². The van der Waals surface area contributed by atoms with Gasteiger partial charge in [-0.3, -0.25) is 9.67 Å². The summed E-state index contributed by atoms with van der Waals surface area (Å²) in [6, 6.07) is 2.00. The Bertz CT molecular complexity index is 511. The number of aliphatic hydroxyl groups is 1. The Morgan fingerprint density at radius 1 is 1.37 bits per heavy atom. The van der Waals surface area contributed by atoms with Crippen molar-refractivity contribution in [2.75, 3.05) is 6.61 Å². The SMILES string of the molecule is Cc1ccncc1CNCc1cn(CCCO)nn1. The molecule has 0 spiro atoms. The molecule has 2 rings (SSSR count). The Hall–Kier alpha value is -1.79. The Balaban J connectivity index is 1.79. The molecule has 6 heteroatoms. The number of hydrogen-bond acceptors (Lipinski definition) is 5. The number of nitrogens with one attached hydrogen (secondary N) is 1. The lowest BCUT2D eigenvalue weighted by Crippen LogP contribution is -2.14. The predicted molar refractivity (Wildman–Crippen MR) is 71.2 cm³/mol. The molecule has 2 aromatic heterocycles. The van der Waals surface area contributed by atoms with E-state index in [1.165, 1.54) is 11.1 Å². The van der Waals surface area contributed by atoms with Gasteiger partial charge in [0.1, 0.15) is 0 Å². The highest BCUT2D eigenvalue weighted by Gasteiger charge is 2.01. The van der Waals surface area contributed by atoms with Gasteiger partial charge in [-0.15, -0.1) is 5.10 Å². The van der Waals surface area contributed by atoms with E-state index in [-0.39, 0.29) is 6.61 Å². The van der Waals surface area contributed by atoms with Crippen LogP contribution in [0.25, 0.3) is 0 Å². The number of nitrogens with zero attached hydrogens (tertiary/aromatic N) is 4. The summed E-state index contributed by atoms with van der Waals surface area (Å²) >= 11 is 0. The number of aromatic nitrogens is 4. The molecule has 6 nitrogen and oxygen atoms in total. The largest absolute Gasteiger partial charge is 0.396 e. The second kappa shape index (κ2) is 6.96. The normalized spacial score (nSPS) is 10.8. The molecule has 0 aliphatic heterocycles. The van der Waals surface area contributed by atoms with Crippen LogP contribution >= 0.6 is 0 Å². The zero-order valence-corrected chi connectivity index (χ0v) is 11.1. The lowest BCUT2D eigenvalue weighted by molar-refractivity contribution is 0.276. The van der Waals surface area contributed by atoms with Crippen LogP contribution in [0, 0.1) is 6.92 Å². The summed E-state index contributed by atoms with van der Waals surface area (Å²) in [6.07, 6.45) is 6.27. The number of aryl methyl sites for hydroxylation is 2. The molecule has 102 valence electrons. The molecular weight excluding hydrogens is 242 g/mol. The van der Waals surface area contributed by atoms with Crippen LogP contribution in [0.15, 0.2) is 24.7 Å². The third-order valence-electron chi connectivity index (χ3n) is 2.90. The minimum atomic E-state index is 0.174. The van der Waals surface area contributed by atoms with Crippen molar-refractivity contribution in [2.24, 2.45) is 0 Å².